The second-order valence-electron chi connectivity index (χ2n) is 6.53. The fourth-order valence-corrected chi connectivity index (χ4v) is 3.69. The Kier molecular flexibility index (Phi) is 4.49. The van der Waals surface area contributed by atoms with Gasteiger partial charge in [-0.25, -0.2) is 0 Å². The van der Waals surface area contributed by atoms with Crippen molar-refractivity contribution in [3.05, 3.63) is 12.3 Å². The molecule has 150 valence electrons. The van der Waals surface area contributed by atoms with E-state index in [4.69, 9.17) is 6.48 Å². The van der Waals surface area contributed by atoms with Crippen LogP contribution in [0.1, 0.15) is 28.1 Å². The number of alkyl halides is 7. The van der Waals surface area contributed by atoms with Crippen LogP contribution >= 0.6 is 0 Å². The fraction of sp³-hybridized carbons (Fsp3) is 0.714. The number of aliphatic carboxylic acids is 2. The lowest BCUT2D eigenvalue weighted by atomic mass is 9.55. The smallest absolute Gasteiger partial charge is 0.459 e. The predicted molar refractivity (Wildman–Crippen MR) is 70.9 cm³/mol. The Labute approximate surface area is 143 Å². The highest BCUT2D eigenvalue weighted by atomic mass is 19.4. The summed E-state index contributed by atoms with van der Waals surface area (Å²) in [4.78, 5) is 23.3. The van der Waals surface area contributed by atoms with Crippen LogP contribution in [0.5, 0.6) is 0 Å². The number of halogens is 7. The third kappa shape index (κ3) is 2.22. The van der Waals surface area contributed by atoms with Crippen molar-refractivity contribution in [2.75, 3.05) is 0 Å². The van der Waals surface area contributed by atoms with Crippen molar-refractivity contribution in [1.29, 1.82) is 0 Å². The third-order valence-corrected chi connectivity index (χ3v) is 5.42. The summed E-state index contributed by atoms with van der Waals surface area (Å²) in [5.74, 6) is -17.9. The van der Waals surface area contributed by atoms with E-state index in [1.54, 1.807) is 0 Å². The van der Waals surface area contributed by atoms with E-state index in [-0.39, 0.29) is 6.08 Å². The van der Waals surface area contributed by atoms with Crippen molar-refractivity contribution < 1.29 is 57.0 Å². The lowest BCUT2D eigenvalue weighted by molar-refractivity contribution is -0.384. The first-order chi connectivity index (χ1) is 11.8. The van der Waals surface area contributed by atoms with Gasteiger partial charge in [0.15, 0.2) is 0 Å². The maximum Gasteiger partial charge on any atom is 0.459 e. The fourth-order valence-electron chi connectivity index (χ4n) is 3.69. The quantitative estimate of drug-likeness (QED) is 0.484. The first-order valence-electron chi connectivity index (χ1n) is 7.44. The molecule has 1 aliphatic rings. The molecule has 3 N–H and O–H groups in total. The third-order valence-electron chi connectivity index (χ3n) is 5.42. The van der Waals surface area contributed by atoms with Gasteiger partial charge in [0, 0.05) is 5.41 Å². The maximum atomic E-state index is 14.6. The van der Waals surface area contributed by atoms with Gasteiger partial charge < -0.3 is 15.3 Å². The summed E-state index contributed by atoms with van der Waals surface area (Å²) in [5.41, 5.74) is -9.98. The van der Waals surface area contributed by atoms with E-state index in [0.29, 0.717) is 13.8 Å². The van der Waals surface area contributed by atoms with Crippen LogP contribution in [-0.4, -0.2) is 45.3 Å². The normalized spacial score (nSPS) is 30.8. The Bertz CT molecular complexity index is 684. The van der Waals surface area contributed by atoms with Gasteiger partial charge in [0.05, 0.1) is 11.7 Å². The van der Waals surface area contributed by atoms with Crippen LogP contribution in [0.4, 0.5) is 30.7 Å². The summed E-state index contributed by atoms with van der Waals surface area (Å²) in [6.45, 7) is 0.949. The molecule has 0 aromatic rings. The van der Waals surface area contributed by atoms with E-state index < -0.39 is 65.3 Å². The van der Waals surface area contributed by atoms with Gasteiger partial charge in [-0.05, 0) is 18.9 Å². The zero-order chi connectivity index (χ0) is 21.9. The molecular formula is C14H15F7O5. The molecule has 2 atom stereocenters. The van der Waals surface area contributed by atoms with Crippen LogP contribution in [0, 0.1) is 16.2 Å². The highest BCUT2D eigenvalue weighted by Crippen LogP contribution is 2.72. The summed E-state index contributed by atoms with van der Waals surface area (Å²) in [7, 11) is 0. The minimum absolute atomic E-state index is 0.155. The van der Waals surface area contributed by atoms with Crippen molar-refractivity contribution >= 4 is 11.9 Å². The topological polar surface area (TPSA) is 94.8 Å². The van der Waals surface area contributed by atoms with Crippen LogP contribution < -0.4 is 0 Å². The van der Waals surface area contributed by atoms with Crippen molar-refractivity contribution in [2.24, 2.45) is 16.2 Å². The van der Waals surface area contributed by atoms with Gasteiger partial charge in [-0.2, -0.15) is 30.7 Å². The summed E-state index contributed by atoms with van der Waals surface area (Å²) in [5, 5.41) is 27.8. The van der Waals surface area contributed by atoms with E-state index in [1.165, 1.54) is 0 Å². The Hall–Kier alpha value is -2.01. The number of hydrogen-bond acceptors (Lipinski definition) is 3. The van der Waals surface area contributed by atoms with Crippen LogP contribution in [0.2, 0.25) is 0 Å². The lowest BCUT2D eigenvalue weighted by Gasteiger charge is -2.49. The number of rotatable bonds is 5. The summed E-state index contributed by atoms with van der Waals surface area (Å²) in [6.07, 6.45) is -10.9. The van der Waals surface area contributed by atoms with Crippen LogP contribution in [0.25, 0.3) is 0 Å². The van der Waals surface area contributed by atoms with Gasteiger partial charge in [0.2, 0.25) is 0 Å². The minimum Gasteiger partial charge on any atom is -0.516 e. The van der Waals surface area contributed by atoms with Gasteiger partial charge in [-0.15, -0.1) is 0 Å². The standard InChI is InChI=1S/C14H15F7O5/c1-9(2)10(5-6-22,7(23)24)3-4-11(9,8(25)26)12(15,16)13(17,18)14(19,20)21/h5-6,22H,3-4H2,1-2H3,(H,23,24)(H,25,26)/i6D. The Morgan fingerprint density at radius 1 is 1.00 bits per heavy atom. The van der Waals surface area contributed by atoms with Crippen molar-refractivity contribution in [1.82, 2.24) is 0 Å². The summed E-state index contributed by atoms with van der Waals surface area (Å²) in [6, 6.07) is 0. The molecule has 5 nitrogen and oxygen atoms in total. The Morgan fingerprint density at radius 3 is 1.77 bits per heavy atom. The van der Waals surface area contributed by atoms with E-state index >= 15 is 0 Å². The molecular weight excluding hydrogens is 381 g/mol. The zero-order valence-electron chi connectivity index (χ0n) is 14.3. The first kappa shape index (κ1) is 20.3. The molecule has 0 aromatic carbocycles. The average Bonchev–Trinajstić information content (AvgIpc) is 2.66. The van der Waals surface area contributed by atoms with Crippen molar-refractivity contribution in [2.45, 2.75) is 44.7 Å². The largest absolute Gasteiger partial charge is 0.516 e. The predicted octanol–water partition coefficient (Wildman–Crippen LogP) is 3.85. The van der Waals surface area contributed by atoms with Crippen molar-refractivity contribution in [3.8, 4) is 0 Å². The molecule has 0 saturated heterocycles. The molecule has 0 amide bonds. The number of carbonyl (C=O) groups is 2. The second-order valence-corrected chi connectivity index (χ2v) is 6.53. The Morgan fingerprint density at radius 2 is 1.46 bits per heavy atom. The van der Waals surface area contributed by atoms with Crippen LogP contribution in [0.15, 0.2) is 12.3 Å². The SMILES string of the molecule is [2H]C(O)=CC1(C(=O)O)CCC(C(=O)O)(C(F)(F)C(F)(F)C(F)(F)F)C1(C)C. The molecule has 1 aliphatic carbocycles. The molecule has 1 rings (SSSR count). The van der Waals surface area contributed by atoms with Gasteiger partial charge in [0.1, 0.15) is 6.79 Å². The minimum atomic E-state index is -6.82. The van der Waals surface area contributed by atoms with E-state index in [9.17, 15) is 50.5 Å². The van der Waals surface area contributed by atoms with Gasteiger partial charge in [-0.1, -0.05) is 13.8 Å². The molecule has 1 saturated carbocycles. The molecule has 0 radical (unpaired) electrons. The molecule has 0 spiro atoms. The molecule has 2 unspecified atom stereocenters. The molecule has 26 heavy (non-hydrogen) atoms. The molecule has 0 bridgehead atoms. The first-order valence-corrected chi connectivity index (χ1v) is 6.94. The van der Waals surface area contributed by atoms with Gasteiger partial charge in [0.25, 0.3) is 0 Å². The summed E-state index contributed by atoms with van der Waals surface area (Å²) < 4.78 is 101. The van der Waals surface area contributed by atoms with E-state index in [0.717, 1.165) is 0 Å². The van der Waals surface area contributed by atoms with Gasteiger partial charge in [-0.3, -0.25) is 9.59 Å². The van der Waals surface area contributed by atoms with E-state index in [2.05, 4.69) is 0 Å². The number of hydrogen-bond donors (Lipinski definition) is 3. The second kappa shape index (κ2) is 5.74. The van der Waals surface area contributed by atoms with Gasteiger partial charge >= 0.3 is 30.0 Å². The average molecular weight is 397 g/mol. The molecule has 0 aliphatic heterocycles. The molecule has 1 fully saturated rings. The van der Waals surface area contributed by atoms with Crippen LogP contribution in [-0.2, 0) is 9.59 Å². The molecule has 12 heteroatoms. The number of aliphatic hydroxyl groups excluding tert-OH is 1. The van der Waals surface area contributed by atoms with Crippen LogP contribution in [0.3, 0.4) is 0 Å². The highest BCUT2D eigenvalue weighted by Gasteiger charge is 2.87. The van der Waals surface area contributed by atoms with E-state index in [1.807, 2.05) is 0 Å². The monoisotopic (exact) mass is 397 g/mol. The number of carboxylic acids is 2. The number of aliphatic hydroxyl groups is 1. The molecule has 0 heterocycles. The highest BCUT2D eigenvalue weighted by molar-refractivity contribution is 5.85. The number of carboxylic acid groups (broad SMARTS) is 2. The lowest BCUT2D eigenvalue weighted by Crippen LogP contribution is -2.67. The Balaban J connectivity index is 3.94. The zero-order valence-corrected chi connectivity index (χ0v) is 13.3. The summed E-state index contributed by atoms with van der Waals surface area (Å²) >= 11 is 0. The molecule has 0 aromatic heterocycles. The maximum absolute atomic E-state index is 14.6. The van der Waals surface area contributed by atoms with Crippen molar-refractivity contribution in [3.63, 3.8) is 0 Å².